The van der Waals surface area contributed by atoms with Crippen LogP contribution in [0.3, 0.4) is 0 Å². The number of thiocarbonyl (C=S) groups is 1. The number of rotatable bonds is 7. The molecular formula is C19H22N2O4S2. The van der Waals surface area contributed by atoms with Crippen LogP contribution >= 0.6 is 24.0 Å². The van der Waals surface area contributed by atoms with Crippen LogP contribution in [0, 0.1) is 12.8 Å². The molecule has 2 rings (SSSR count). The van der Waals surface area contributed by atoms with E-state index in [1.807, 2.05) is 31.2 Å². The lowest BCUT2D eigenvalue weighted by Crippen LogP contribution is -2.45. The smallest absolute Gasteiger partial charge is 0.326 e. The Morgan fingerprint density at radius 2 is 1.93 bits per heavy atom. The summed E-state index contributed by atoms with van der Waals surface area (Å²) >= 11 is 6.46. The molecule has 0 bridgehead atoms. The topological polar surface area (TPSA) is 86.7 Å². The number of carbonyl (C=O) groups is 3. The van der Waals surface area contributed by atoms with Crippen LogP contribution in [0.5, 0.6) is 0 Å². The molecule has 0 radical (unpaired) electrons. The first-order valence-electron chi connectivity index (χ1n) is 8.53. The van der Waals surface area contributed by atoms with Gasteiger partial charge in [0.1, 0.15) is 10.4 Å². The fourth-order valence-electron chi connectivity index (χ4n) is 2.48. The number of aliphatic carboxylic acids is 1. The van der Waals surface area contributed by atoms with Crippen LogP contribution in [0.25, 0.3) is 6.08 Å². The average molecular weight is 407 g/mol. The third-order valence-corrected chi connectivity index (χ3v) is 5.44. The Morgan fingerprint density at radius 1 is 1.30 bits per heavy atom. The highest BCUT2D eigenvalue weighted by molar-refractivity contribution is 8.26. The van der Waals surface area contributed by atoms with E-state index >= 15 is 0 Å². The quantitative estimate of drug-likeness (QED) is 0.535. The number of thioether (sulfide) groups is 1. The second-order valence-electron chi connectivity index (χ2n) is 6.62. The van der Waals surface area contributed by atoms with Gasteiger partial charge in [0.05, 0.1) is 4.91 Å². The minimum Gasteiger partial charge on any atom is -0.480 e. The molecule has 1 unspecified atom stereocenters. The number of aryl methyl sites for hydroxylation is 1. The number of carboxylic acid groups (broad SMARTS) is 1. The number of hydrogen-bond donors (Lipinski definition) is 2. The summed E-state index contributed by atoms with van der Waals surface area (Å²) in [7, 11) is 0. The zero-order valence-electron chi connectivity index (χ0n) is 15.4. The predicted molar refractivity (Wildman–Crippen MR) is 110 cm³/mol. The molecule has 27 heavy (non-hydrogen) atoms. The van der Waals surface area contributed by atoms with Crippen LogP contribution in [-0.2, 0) is 14.4 Å². The molecule has 1 fully saturated rings. The summed E-state index contributed by atoms with van der Waals surface area (Å²) < 4.78 is 0.393. The van der Waals surface area contributed by atoms with Gasteiger partial charge in [-0.05, 0) is 24.5 Å². The van der Waals surface area contributed by atoms with E-state index in [0.29, 0.717) is 9.23 Å². The average Bonchev–Trinajstić information content (AvgIpc) is 2.86. The highest BCUT2D eigenvalue weighted by Gasteiger charge is 2.32. The minimum absolute atomic E-state index is 0.0131. The fraction of sp³-hybridized carbons (Fsp3) is 0.368. The van der Waals surface area contributed by atoms with Gasteiger partial charge < -0.3 is 10.4 Å². The lowest BCUT2D eigenvalue weighted by atomic mass is 10.0. The Morgan fingerprint density at radius 3 is 2.48 bits per heavy atom. The van der Waals surface area contributed by atoms with Crippen molar-refractivity contribution in [2.75, 3.05) is 6.54 Å². The SMILES string of the molecule is Cc1ccc(/C=C2\SC(=S)N(CCC(=O)NC(C(=O)O)C(C)C)C2=O)cc1. The largest absolute Gasteiger partial charge is 0.480 e. The molecule has 1 aromatic rings. The van der Waals surface area contributed by atoms with Gasteiger partial charge in [0, 0.05) is 13.0 Å². The maximum Gasteiger partial charge on any atom is 0.326 e. The number of carboxylic acids is 1. The zero-order chi connectivity index (χ0) is 20.1. The van der Waals surface area contributed by atoms with Gasteiger partial charge in [0.25, 0.3) is 5.91 Å². The van der Waals surface area contributed by atoms with Crippen LogP contribution in [-0.4, -0.2) is 44.7 Å². The van der Waals surface area contributed by atoms with Crippen molar-refractivity contribution in [3.63, 3.8) is 0 Å². The van der Waals surface area contributed by atoms with E-state index in [1.54, 1.807) is 19.9 Å². The van der Waals surface area contributed by atoms with Crippen molar-refractivity contribution in [3.8, 4) is 0 Å². The summed E-state index contributed by atoms with van der Waals surface area (Å²) in [6.07, 6.45) is 1.76. The van der Waals surface area contributed by atoms with Gasteiger partial charge in [-0.15, -0.1) is 0 Å². The Labute approximate surface area is 168 Å². The van der Waals surface area contributed by atoms with Crippen LogP contribution in [0.1, 0.15) is 31.4 Å². The van der Waals surface area contributed by atoms with Gasteiger partial charge >= 0.3 is 5.97 Å². The zero-order valence-corrected chi connectivity index (χ0v) is 17.0. The molecule has 144 valence electrons. The van der Waals surface area contributed by atoms with Crippen molar-refractivity contribution in [1.29, 1.82) is 0 Å². The molecule has 0 spiro atoms. The molecule has 1 aromatic carbocycles. The van der Waals surface area contributed by atoms with E-state index < -0.39 is 17.9 Å². The van der Waals surface area contributed by atoms with Gasteiger partial charge in [0.2, 0.25) is 5.91 Å². The Balaban J connectivity index is 1.98. The molecular weight excluding hydrogens is 384 g/mol. The summed E-state index contributed by atoms with van der Waals surface area (Å²) in [5.41, 5.74) is 2.03. The second-order valence-corrected chi connectivity index (χ2v) is 8.30. The van der Waals surface area contributed by atoms with E-state index in [-0.39, 0.29) is 24.8 Å². The second kappa shape index (κ2) is 9.14. The third-order valence-electron chi connectivity index (χ3n) is 4.06. The van der Waals surface area contributed by atoms with Crippen LogP contribution in [0.2, 0.25) is 0 Å². The number of carbonyl (C=O) groups excluding carboxylic acids is 2. The molecule has 1 atom stereocenters. The van der Waals surface area contributed by atoms with Gasteiger partial charge in [-0.1, -0.05) is 67.7 Å². The molecule has 1 aliphatic heterocycles. The lowest BCUT2D eigenvalue weighted by molar-refractivity contribution is -0.143. The Hall–Kier alpha value is -2.19. The standard InChI is InChI=1S/C19H22N2O4S2/c1-11(2)16(18(24)25)20-15(22)8-9-21-17(23)14(27-19(21)26)10-13-6-4-12(3)5-7-13/h4-7,10-11,16H,8-9H2,1-3H3,(H,20,22)(H,24,25)/b14-10-. The van der Waals surface area contributed by atoms with Gasteiger partial charge in [-0.2, -0.15) is 0 Å². The first-order valence-corrected chi connectivity index (χ1v) is 9.75. The van der Waals surface area contributed by atoms with Crippen LogP contribution in [0.15, 0.2) is 29.2 Å². The monoisotopic (exact) mass is 406 g/mol. The summed E-state index contributed by atoms with van der Waals surface area (Å²) in [6.45, 7) is 5.54. The fourth-order valence-corrected chi connectivity index (χ4v) is 3.79. The van der Waals surface area contributed by atoms with E-state index in [2.05, 4.69) is 5.32 Å². The molecule has 1 aliphatic rings. The van der Waals surface area contributed by atoms with E-state index in [1.165, 1.54) is 16.7 Å². The minimum atomic E-state index is -1.08. The number of amides is 2. The Kier molecular flexibility index (Phi) is 7.15. The first kappa shape index (κ1) is 21.1. The summed E-state index contributed by atoms with van der Waals surface area (Å²) in [4.78, 5) is 37.7. The number of benzene rings is 1. The first-order chi connectivity index (χ1) is 12.7. The maximum atomic E-state index is 12.6. The predicted octanol–water partition coefficient (Wildman–Crippen LogP) is 2.81. The third kappa shape index (κ3) is 5.64. The van der Waals surface area contributed by atoms with E-state index in [4.69, 9.17) is 17.3 Å². The molecule has 2 N–H and O–H groups in total. The molecule has 0 aromatic heterocycles. The van der Waals surface area contributed by atoms with E-state index in [0.717, 1.165) is 11.1 Å². The normalized spacial score (nSPS) is 16.9. The van der Waals surface area contributed by atoms with Gasteiger partial charge in [-0.25, -0.2) is 4.79 Å². The number of hydrogen-bond acceptors (Lipinski definition) is 5. The highest BCUT2D eigenvalue weighted by Crippen LogP contribution is 2.32. The van der Waals surface area contributed by atoms with Crippen molar-refractivity contribution in [2.24, 2.45) is 5.92 Å². The van der Waals surface area contributed by atoms with Crippen molar-refractivity contribution < 1.29 is 19.5 Å². The molecule has 1 heterocycles. The van der Waals surface area contributed by atoms with Crippen LogP contribution < -0.4 is 5.32 Å². The van der Waals surface area contributed by atoms with Crippen molar-refractivity contribution in [3.05, 3.63) is 40.3 Å². The number of nitrogens with one attached hydrogen (secondary N) is 1. The van der Waals surface area contributed by atoms with Crippen LogP contribution in [0.4, 0.5) is 0 Å². The van der Waals surface area contributed by atoms with Crippen molar-refractivity contribution in [2.45, 2.75) is 33.2 Å². The van der Waals surface area contributed by atoms with Gasteiger partial charge in [0.15, 0.2) is 0 Å². The number of nitrogens with zero attached hydrogens (tertiary/aromatic N) is 1. The molecule has 6 nitrogen and oxygen atoms in total. The highest BCUT2D eigenvalue weighted by atomic mass is 32.2. The molecule has 0 aliphatic carbocycles. The summed E-state index contributed by atoms with van der Waals surface area (Å²) in [5, 5.41) is 11.6. The molecule has 1 saturated heterocycles. The maximum absolute atomic E-state index is 12.6. The van der Waals surface area contributed by atoms with Crippen molar-refractivity contribution >= 4 is 52.2 Å². The lowest BCUT2D eigenvalue weighted by Gasteiger charge is -2.19. The summed E-state index contributed by atoms with van der Waals surface area (Å²) in [6, 6.07) is 6.82. The van der Waals surface area contributed by atoms with Crippen molar-refractivity contribution in [1.82, 2.24) is 10.2 Å². The molecule has 2 amide bonds. The molecule has 0 saturated carbocycles. The van der Waals surface area contributed by atoms with Gasteiger partial charge in [-0.3, -0.25) is 14.5 Å². The summed E-state index contributed by atoms with van der Waals surface area (Å²) in [5.74, 6) is -1.98. The van der Waals surface area contributed by atoms with E-state index in [9.17, 15) is 14.4 Å². The molecule has 8 heteroatoms. The Bertz CT molecular complexity index is 787.